The van der Waals surface area contributed by atoms with Crippen LogP contribution in [0.3, 0.4) is 0 Å². The number of hydrogen-bond donors (Lipinski definition) is 0. The van der Waals surface area contributed by atoms with Crippen LogP contribution in [0.25, 0.3) is 10.9 Å². The Morgan fingerprint density at radius 3 is 2.85 bits per heavy atom. The van der Waals surface area contributed by atoms with Gasteiger partial charge in [-0.15, -0.1) is 0 Å². The normalized spacial score (nSPS) is 10.7. The maximum absolute atomic E-state index is 13.0. The van der Waals surface area contributed by atoms with Gasteiger partial charge in [0.05, 0.1) is 10.5 Å². The van der Waals surface area contributed by atoms with E-state index in [-0.39, 0.29) is 5.02 Å². The molecule has 0 saturated carbocycles. The van der Waals surface area contributed by atoms with Crippen molar-refractivity contribution in [1.29, 1.82) is 0 Å². The molecular formula is C10H7ClFN. The highest BCUT2D eigenvalue weighted by molar-refractivity contribution is 6.31. The first-order valence-electron chi connectivity index (χ1n) is 3.89. The molecule has 0 fully saturated rings. The number of pyridine rings is 1. The molecule has 2 aromatic rings. The summed E-state index contributed by atoms with van der Waals surface area (Å²) in [5.41, 5.74) is 1.51. The second-order valence-electron chi connectivity index (χ2n) is 2.91. The standard InChI is InChI=1S/C10H7ClFN/c1-6-2-3-7-4-8(11)9(12)5-10(7)13-6/h2-5H,1H3. The average Bonchev–Trinajstić information content (AvgIpc) is 2.08. The lowest BCUT2D eigenvalue weighted by molar-refractivity contribution is 0.630. The zero-order valence-electron chi connectivity index (χ0n) is 7.01. The van der Waals surface area contributed by atoms with E-state index in [2.05, 4.69) is 4.98 Å². The molecule has 13 heavy (non-hydrogen) atoms. The van der Waals surface area contributed by atoms with Crippen LogP contribution in [0.5, 0.6) is 0 Å². The minimum atomic E-state index is -0.424. The molecule has 1 aromatic heterocycles. The van der Waals surface area contributed by atoms with Crippen molar-refractivity contribution in [3.8, 4) is 0 Å². The predicted octanol–water partition coefficient (Wildman–Crippen LogP) is 3.34. The molecule has 1 aromatic carbocycles. The summed E-state index contributed by atoms with van der Waals surface area (Å²) in [6, 6.07) is 6.68. The molecule has 0 aliphatic heterocycles. The summed E-state index contributed by atoms with van der Waals surface area (Å²) >= 11 is 5.62. The fourth-order valence-corrected chi connectivity index (χ4v) is 1.39. The van der Waals surface area contributed by atoms with Gasteiger partial charge in [-0.1, -0.05) is 17.7 Å². The van der Waals surface area contributed by atoms with Crippen molar-refractivity contribution in [2.75, 3.05) is 0 Å². The zero-order valence-corrected chi connectivity index (χ0v) is 7.77. The van der Waals surface area contributed by atoms with Crippen LogP contribution in [0.1, 0.15) is 5.69 Å². The Bertz CT molecular complexity index is 468. The molecule has 0 aliphatic rings. The van der Waals surface area contributed by atoms with Crippen LogP contribution in [-0.4, -0.2) is 4.98 Å². The number of nitrogens with zero attached hydrogens (tertiary/aromatic N) is 1. The third kappa shape index (κ3) is 1.49. The van der Waals surface area contributed by atoms with Gasteiger partial charge >= 0.3 is 0 Å². The second kappa shape index (κ2) is 2.96. The van der Waals surface area contributed by atoms with Gasteiger partial charge in [-0.3, -0.25) is 4.98 Å². The van der Waals surface area contributed by atoms with Crippen LogP contribution in [-0.2, 0) is 0 Å². The Labute approximate surface area is 80.2 Å². The lowest BCUT2D eigenvalue weighted by Crippen LogP contribution is -1.85. The largest absolute Gasteiger partial charge is 0.253 e. The van der Waals surface area contributed by atoms with Crippen molar-refractivity contribution >= 4 is 22.5 Å². The maximum Gasteiger partial charge on any atom is 0.143 e. The van der Waals surface area contributed by atoms with Gasteiger partial charge in [0, 0.05) is 17.1 Å². The van der Waals surface area contributed by atoms with Gasteiger partial charge in [0.25, 0.3) is 0 Å². The van der Waals surface area contributed by atoms with Crippen molar-refractivity contribution in [3.63, 3.8) is 0 Å². The van der Waals surface area contributed by atoms with E-state index in [1.54, 1.807) is 6.07 Å². The fourth-order valence-electron chi connectivity index (χ4n) is 1.22. The molecule has 3 heteroatoms. The van der Waals surface area contributed by atoms with Crippen molar-refractivity contribution in [3.05, 3.63) is 40.8 Å². The van der Waals surface area contributed by atoms with Crippen molar-refractivity contribution in [2.24, 2.45) is 0 Å². The molecule has 0 saturated heterocycles. The molecule has 0 N–H and O–H groups in total. The van der Waals surface area contributed by atoms with Crippen LogP contribution in [0.15, 0.2) is 24.3 Å². The minimum absolute atomic E-state index is 0.137. The number of benzene rings is 1. The van der Waals surface area contributed by atoms with E-state index < -0.39 is 5.82 Å². The minimum Gasteiger partial charge on any atom is -0.253 e. The van der Waals surface area contributed by atoms with Gasteiger partial charge in [-0.2, -0.15) is 0 Å². The first-order chi connectivity index (χ1) is 6.16. The molecule has 0 unspecified atom stereocenters. The summed E-state index contributed by atoms with van der Waals surface area (Å²) in [5.74, 6) is -0.424. The zero-order chi connectivity index (χ0) is 9.42. The number of hydrogen-bond acceptors (Lipinski definition) is 1. The number of aromatic nitrogens is 1. The van der Waals surface area contributed by atoms with Crippen LogP contribution < -0.4 is 0 Å². The lowest BCUT2D eigenvalue weighted by atomic mass is 10.2. The van der Waals surface area contributed by atoms with Gasteiger partial charge in [0.2, 0.25) is 0 Å². The van der Waals surface area contributed by atoms with Crippen molar-refractivity contribution < 1.29 is 4.39 Å². The number of rotatable bonds is 0. The first kappa shape index (κ1) is 8.45. The summed E-state index contributed by atoms with van der Waals surface area (Å²) in [5, 5.41) is 0.996. The van der Waals surface area contributed by atoms with E-state index in [1.807, 2.05) is 19.1 Å². The Morgan fingerprint density at radius 1 is 1.31 bits per heavy atom. The number of aryl methyl sites for hydroxylation is 1. The Kier molecular flexibility index (Phi) is 1.93. The molecule has 1 nitrogen and oxygen atoms in total. The second-order valence-corrected chi connectivity index (χ2v) is 3.32. The molecule has 0 bridgehead atoms. The summed E-state index contributed by atoms with van der Waals surface area (Å²) in [6.45, 7) is 1.87. The smallest absolute Gasteiger partial charge is 0.143 e. The Hall–Kier alpha value is -1.15. The Balaban J connectivity index is 2.81. The maximum atomic E-state index is 13.0. The molecule has 66 valence electrons. The molecule has 1 heterocycles. The van der Waals surface area contributed by atoms with E-state index in [0.29, 0.717) is 5.52 Å². The third-order valence-electron chi connectivity index (χ3n) is 1.87. The van der Waals surface area contributed by atoms with E-state index in [1.165, 1.54) is 6.07 Å². The van der Waals surface area contributed by atoms with Gasteiger partial charge in [0.15, 0.2) is 0 Å². The molecule has 0 atom stereocenters. The van der Waals surface area contributed by atoms with Crippen LogP contribution >= 0.6 is 11.6 Å². The summed E-state index contributed by atoms with van der Waals surface area (Å²) in [7, 11) is 0. The molecular weight excluding hydrogens is 189 g/mol. The van der Waals surface area contributed by atoms with Gasteiger partial charge in [-0.25, -0.2) is 4.39 Å². The molecule has 0 spiro atoms. The molecule has 0 aliphatic carbocycles. The molecule has 0 amide bonds. The van der Waals surface area contributed by atoms with E-state index in [0.717, 1.165) is 11.1 Å². The highest BCUT2D eigenvalue weighted by Gasteiger charge is 2.02. The average molecular weight is 196 g/mol. The highest BCUT2D eigenvalue weighted by atomic mass is 35.5. The fraction of sp³-hybridized carbons (Fsp3) is 0.100. The van der Waals surface area contributed by atoms with Gasteiger partial charge < -0.3 is 0 Å². The monoisotopic (exact) mass is 195 g/mol. The van der Waals surface area contributed by atoms with Crippen LogP contribution in [0.4, 0.5) is 4.39 Å². The highest BCUT2D eigenvalue weighted by Crippen LogP contribution is 2.21. The van der Waals surface area contributed by atoms with E-state index >= 15 is 0 Å². The third-order valence-corrected chi connectivity index (χ3v) is 2.16. The van der Waals surface area contributed by atoms with Crippen LogP contribution in [0.2, 0.25) is 5.02 Å². The number of fused-ring (bicyclic) bond motifs is 1. The summed E-state index contributed by atoms with van der Waals surface area (Å²) < 4.78 is 13.0. The van der Waals surface area contributed by atoms with Gasteiger partial charge in [-0.05, 0) is 19.1 Å². The van der Waals surface area contributed by atoms with Crippen molar-refractivity contribution in [2.45, 2.75) is 6.92 Å². The first-order valence-corrected chi connectivity index (χ1v) is 4.27. The van der Waals surface area contributed by atoms with Crippen molar-refractivity contribution in [1.82, 2.24) is 4.98 Å². The molecule has 0 radical (unpaired) electrons. The van der Waals surface area contributed by atoms with E-state index in [9.17, 15) is 4.39 Å². The quantitative estimate of drug-likeness (QED) is 0.628. The van der Waals surface area contributed by atoms with Crippen LogP contribution in [0, 0.1) is 12.7 Å². The Morgan fingerprint density at radius 2 is 2.08 bits per heavy atom. The summed E-state index contributed by atoms with van der Waals surface area (Å²) in [4.78, 5) is 4.18. The lowest BCUT2D eigenvalue weighted by Gasteiger charge is -2.00. The molecule has 2 rings (SSSR count). The predicted molar refractivity (Wildman–Crippen MR) is 51.4 cm³/mol. The SMILES string of the molecule is Cc1ccc2cc(Cl)c(F)cc2n1. The summed E-state index contributed by atoms with van der Waals surface area (Å²) in [6.07, 6.45) is 0. The topological polar surface area (TPSA) is 12.9 Å². The van der Waals surface area contributed by atoms with E-state index in [4.69, 9.17) is 11.6 Å². The van der Waals surface area contributed by atoms with Gasteiger partial charge in [0.1, 0.15) is 5.82 Å². The number of halogens is 2.